The third-order valence-corrected chi connectivity index (χ3v) is 3.00. The molecule has 0 saturated carbocycles. The molecule has 2 aromatic carbocycles. The van der Waals surface area contributed by atoms with E-state index >= 15 is 0 Å². The summed E-state index contributed by atoms with van der Waals surface area (Å²) in [4.78, 5) is 12.3. The number of anilines is 1. The van der Waals surface area contributed by atoms with Gasteiger partial charge in [0.05, 0.1) is 5.52 Å². The van der Waals surface area contributed by atoms with Crippen molar-refractivity contribution < 1.29 is 4.79 Å². The molecule has 0 aliphatic rings. The third-order valence-electron chi connectivity index (χ3n) is 3.00. The first-order chi connectivity index (χ1) is 9.25. The highest BCUT2D eigenvalue weighted by atomic mass is 16.1. The van der Waals surface area contributed by atoms with Crippen LogP contribution in [0.4, 0.5) is 5.69 Å². The van der Waals surface area contributed by atoms with Gasteiger partial charge in [0, 0.05) is 18.1 Å². The summed E-state index contributed by atoms with van der Waals surface area (Å²) in [6, 6.07) is 17.1. The number of aryl methyl sites for hydroxylation is 1. The van der Waals surface area contributed by atoms with Crippen molar-refractivity contribution in [1.82, 2.24) is 9.78 Å². The number of hydrogen-bond acceptors (Lipinski definition) is 2. The van der Waals surface area contributed by atoms with Crippen LogP contribution in [0.2, 0.25) is 0 Å². The van der Waals surface area contributed by atoms with Gasteiger partial charge in [0.15, 0.2) is 5.69 Å². The molecular formula is C15H13N3O. The quantitative estimate of drug-likeness (QED) is 0.761. The summed E-state index contributed by atoms with van der Waals surface area (Å²) in [5.74, 6) is -0.192. The standard InChI is InChI=1S/C15H13N3O/c1-18-13-10-6-5-9-12(13)14(17-18)15(19)16-11-7-3-2-4-8-11/h2-10H,1H3,(H,16,19). The minimum atomic E-state index is -0.192. The molecular weight excluding hydrogens is 238 g/mol. The SMILES string of the molecule is Cn1nc(C(=O)Nc2ccccc2)c2ccccc21. The molecule has 4 heteroatoms. The van der Waals surface area contributed by atoms with Crippen molar-refractivity contribution in [3.63, 3.8) is 0 Å². The number of nitrogens with one attached hydrogen (secondary N) is 1. The Labute approximate surface area is 110 Å². The number of fused-ring (bicyclic) bond motifs is 1. The van der Waals surface area contributed by atoms with Gasteiger partial charge >= 0.3 is 0 Å². The zero-order valence-electron chi connectivity index (χ0n) is 10.5. The monoisotopic (exact) mass is 251 g/mol. The zero-order valence-corrected chi connectivity index (χ0v) is 10.5. The molecule has 3 rings (SSSR count). The maximum atomic E-state index is 12.3. The number of amides is 1. The van der Waals surface area contributed by atoms with Gasteiger partial charge in [0.2, 0.25) is 0 Å². The average molecular weight is 251 g/mol. The number of carbonyl (C=O) groups is 1. The number of rotatable bonds is 2. The molecule has 1 amide bonds. The van der Waals surface area contributed by atoms with Crippen LogP contribution in [0.5, 0.6) is 0 Å². The van der Waals surface area contributed by atoms with Crippen LogP contribution in [-0.4, -0.2) is 15.7 Å². The van der Waals surface area contributed by atoms with Gasteiger partial charge in [-0.25, -0.2) is 0 Å². The summed E-state index contributed by atoms with van der Waals surface area (Å²) >= 11 is 0. The molecule has 0 aliphatic heterocycles. The van der Waals surface area contributed by atoms with Crippen LogP contribution < -0.4 is 5.32 Å². The number of benzene rings is 2. The first kappa shape index (κ1) is 11.5. The van der Waals surface area contributed by atoms with Crippen LogP contribution in [0.25, 0.3) is 10.9 Å². The molecule has 1 N–H and O–H groups in total. The van der Waals surface area contributed by atoms with E-state index in [1.807, 2.05) is 61.6 Å². The largest absolute Gasteiger partial charge is 0.321 e. The van der Waals surface area contributed by atoms with E-state index in [1.165, 1.54) is 0 Å². The van der Waals surface area contributed by atoms with Crippen molar-refractivity contribution in [3.05, 3.63) is 60.3 Å². The molecule has 0 atom stereocenters. The van der Waals surface area contributed by atoms with Crippen LogP contribution >= 0.6 is 0 Å². The lowest BCUT2D eigenvalue weighted by Crippen LogP contribution is -2.13. The van der Waals surface area contributed by atoms with Crippen LogP contribution in [0, 0.1) is 0 Å². The Morgan fingerprint density at radius 2 is 1.74 bits per heavy atom. The molecule has 0 saturated heterocycles. The maximum Gasteiger partial charge on any atom is 0.276 e. The number of hydrogen-bond donors (Lipinski definition) is 1. The van der Waals surface area contributed by atoms with E-state index < -0.39 is 0 Å². The summed E-state index contributed by atoms with van der Waals surface area (Å²) in [7, 11) is 1.83. The molecule has 0 radical (unpaired) electrons. The van der Waals surface area contributed by atoms with Crippen LogP contribution in [-0.2, 0) is 7.05 Å². The van der Waals surface area contributed by atoms with Crippen molar-refractivity contribution in [2.24, 2.45) is 7.05 Å². The summed E-state index contributed by atoms with van der Waals surface area (Å²) in [5, 5.41) is 8.00. The van der Waals surface area contributed by atoms with E-state index in [1.54, 1.807) is 4.68 Å². The first-order valence-corrected chi connectivity index (χ1v) is 6.04. The predicted octanol–water partition coefficient (Wildman–Crippen LogP) is 2.83. The number of para-hydroxylation sites is 2. The zero-order chi connectivity index (χ0) is 13.2. The maximum absolute atomic E-state index is 12.3. The van der Waals surface area contributed by atoms with Gasteiger partial charge in [0.1, 0.15) is 0 Å². The highest BCUT2D eigenvalue weighted by Crippen LogP contribution is 2.18. The van der Waals surface area contributed by atoms with Crippen LogP contribution in [0.15, 0.2) is 54.6 Å². The molecule has 94 valence electrons. The van der Waals surface area contributed by atoms with Crippen LogP contribution in [0.1, 0.15) is 10.5 Å². The fourth-order valence-corrected chi connectivity index (χ4v) is 2.09. The molecule has 4 nitrogen and oxygen atoms in total. The lowest BCUT2D eigenvalue weighted by Gasteiger charge is -2.02. The van der Waals surface area contributed by atoms with E-state index in [0.29, 0.717) is 5.69 Å². The molecule has 19 heavy (non-hydrogen) atoms. The number of aromatic nitrogens is 2. The Bertz CT molecular complexity index is 731. The smallest absolute Gasteiger partial charge is 0.276 e. The molecule has 0 fully saturated rings. The Morgan fingerprint density at radius 1 is 1.05 bits per heavy atom. The molecule has 1 heterocycles. The molecule has 1 aromatic heterocycles. The second-order valence-corrected chi connectivity index (χ2v) is 4.31. The molecule has 0 spiro atoms. The summed E-state index contributed by atoms with van der Waals surface area (Å²) in [5.41, 5.74) is 2.16. The summed E-state index contributed by atoms with van der Waals surface area (Å²) in [6.45, 7) is 0. The van der Waals surface area contributed by atoms with E-state index in [-0.39, 0.29) is 5.91 Å². The Hall–Kier alpha value is -2.62. The Balaban J connectivity index is 1.98. The second-order valence-electron chi connectivity index (χ2n) is 4.31. The minimum Gasteiger partial charge on any atom is -0.321 e. The Kier molecular flexibility index (Phi) is 2.76. The van der Waals surface area contributed by atoms with E-state index in [2.05, 4.69) is 10.4 Å². The molecule has 0 bridgehead atoms. The van der Waals surface area contributed by atoms with Crippen molar-refractivity contribution >= 4 is 22.5 Å². The predicted molar refractivity (Wildman–Crippen MR) is 75.1 cm³/mol. The van der Waals surface area contributed by atoms with E-state index in [0.717, 1.165) is 16.6 Å². The van der Waals surface area contributed by atoms with Crippen LogP contribution in [0.3, 0.4) is 0 Å². The lowest BCUT2D eigenvalue weighted by atomic mass is 10.2. The van der Waals surface area contributed by atoms with Gasteiger partial charge < -0.3 is 5.32 Å². The second kappa shape index (κ2) is 4.57. The highest BCUT2D eigenvalue weighted by Gasteiger charge is 2.15. The molecule has 3 aromatic rings. The summed E-state index contributed by atoms with van der Waals surface area (Å²) in [6.07, 6.45) is 0. The van der Waals surface area contributed by atoms with Gasteiger partial charge in [-0.3, -0.25) is 9.48 Å². The van der Waals surface area contributed by atoms with Crippen molar-refractivity contribution in [2.45, 2.75) is 0 Å². The van der Waals surface area contributed by atoms with Gasteiger partial charge in [-0.05, 0) is 18.2 Å². The van der Waals surface area contributed by atoms with Crippen molar-refractivity contribution in [1.29, 1.82) is 0 Å². The number of carbonyl (C=O) groups excluding carboxylic acids is 1. The van der Waals surface area contributed by atoms with E-state index in [4.69, 9.17) is 0 Å². The molecule has 0 unspecified atom stereocenters. The number of nitrogens with zero attached hydrogens (tertiary/aromatic N) is 2. The van der Waals surface area contributed by atoms with Crippen molar-refractivity contribution in [2.75, 3.05) is 5.32 Å². The molecule has 0 aliphatic carbocycles. The van der Waals surface area contributed by atoms with Gasteiger partial charge in [0.25, 0.3) is 5.91 Å². The minimum absolute atomic E-state index is 0.192. The van der Waals surface area contributed by atoms with Gasteiger partial charge in [-0.15, -0.1) is 0 Å². The highest BCUT2D eigenvalue weighted by molar-refractivity contribution is 6.11. The van der Waals surface area contributed by atoms with E-state index in [9.17, 15) is 4.79 Å². The fraction of sp³-hybridized carbons (Fsp3) is 0.0667. The third kappa shape index (κ3) is 2.08. The fourth-order valence-electron chi connectivity index (χ4n) is 2.09. The summed E-state index contributed by atoms with van der Waals surface area (Å²) < 4.78 is 1.72. The normalized spacial score (nSPS) is 10.6. The van der Waals surface area contributed by atoms with Crippen molar-refractivity contribution in [3.8, 4) is 0 Å². The average Bonchev–Trinajstić information content (AvgIpc) is 2.78. The van der Waals surface area contributed by atoms with Gasteiger partial charge in [-0.2, -0.15) is 5.10 Å². The Morgan fingerprint density at radius 3 is 2.53 bits per heavy atom. The first-order valence-electron chi connectivity index (χ1n) is 6.04. The topological polar surface area (TPSA) is 46.9 Å². The lowest BCUT2D eigenvalue weighted by molar-refractivity contribution is 0.102. The van der Waals surface area contributed by atoms with Gasteiger partial charge in [-0.1, -0.05) is 36.4 Å².